The summed E-state index contributed by atoms with van der Waals surface area (Å²) < 4.78 is 1.63. The van der Waals surface area contributed by atoms with Crippen molar-refractivity contribution >= 4 is 23.1 Å². The Labute approximate surface area is 197 Å². The normalized spacial score (nSPS) is 18.4. The average Bonchev–Trinajstić information content (AvgIpc) is 3.54. The Morgan fingerprint density at radius 2 is 2.12 bits per heavy atom. The molecule has 2 aromatic heterocycles. The first-order valence-corrected chi connectivity index (χ1v) is 12.4. The van der Waals surface area contributed by atoms with Crippen molar-refractivity contribution in [2.75, 3.05) is 5.32 Å². The van der Waals surface area contributed by atoms with E-state index in [1.807, 2.05) is 37.3 Å². The molecule has 8 heteroatoms. The molecule has 172 valence electrons. The number of fused-ring (bicyclic) bond motifs is 2. The number of amides is 1. The van der Waals surface area contributed by atoms with Crippen LogP contribution in [0, 0.1) is 0 Å². The maximum absolute atomic E-state index is 13.4. The predicted octanol–water partition coefficient (Wildman–Crippen LogP) is 3.84. The van der Waals surface area contributed by atoms with Crippen LogP contribution in [0.4, 0.5) is 5.82 Å². The molecule has 0 saturated carbocycles. The lowest BCUT2D eigenvalue weighted by atomic mass is 10.0. The monoisotopic (exact) mass is 463 g/mol. The summed E-state index contributed by atoms with van der Waals surface area (Å²) in [5.74, 6) is 0.187. The second-order valence-electron chi connectivity index (χ2n) is 8.77. The molecule has 3 aromatic rings. The largest absolute Gasteiger partial charge is 0.359 e. The van der Waals surface area contributed by atoms with E-state index in [-0.39, 0.29) is 23.6 Å². The Kier molecular flexibility index (Phi) is 6.03. The number of aryl methyl sites for hydroxylation is 1. The van der Waals surface area contributed by atoms with Crippen LogP contribution in [0.1, 0.15) is 71.4 Å². The summed E-state index contributed by atoms with van der Waals surface area (Å²) >= 11 is 1.75. The summed E-state index contributed by atoms with van der Waals surface area (Å²) in [6.45, 7) is 5.87. The highest BCUT2D eigenvalue weighted by molar-refractivity contribution is 7.12. The molecule has 0 bridgehead atoms. The number of rotatable bonds is 7. The van der Waals surface area contributed by atoms with Crippen LogP contribution in [-0.2, 0) is 24.3 Å². The molecule has 3 N–H and O–H groups in total. The third-order valence-electron chi connectivity index (χ3n) is 6.59. The molecule has 2 aliphatic heterocycles. The van der Waals surface area contributed by atoms with Gasteiger partial charge < -0.3 is 16.0 Å². The Morgan fingerprint density at radius 1 is 1.30 bits per heavy atom. The maximum Gasteiger partial charge on any atom is 0.294 e. The fraction of sp³-hybridized carbons (Fsp3) is 0.400. The number of carbonyl (C=O) groups excluding carboxylic acids is 1. The van der Waals surface area contributed by atoms with Gasteiger partial charge in [0.2, 0.25) is 5.91 Å². The minimum atomic E-state index is -0.510. The third kappa shape index (κ3) is 4.20. The summed E-state index contributed by atoms with van der Waals surface area (Å²) in [4.78, 5) is 33.5. The molecule has 0 spiro atoms. The fourth-order valence-electron chi connectivity index (χ4n) is 4.75. The Hall–Kier alpha value is -2.97. The topological polar surface area (TPSA) is 88.0 Å². The van der Waals surface area contributed by atoms with Crippen LogP contribution in [-0.4, -0.2) is 15.5 Å². The molecule has 0 unspecified atom stereocenters. The van der Waals surface area contributed by atoms with E-state index in [2.05, 4.69) is 33.9 Å². The molecular formula is C25H29N5O2S. The van der Waals surface area contributed by atoms with Crippen LogP contribution in [0.2, 0.25) is 0 Å². The molecule has 1 amide bonds. The van der Waals surface area contributed by atoms with Crippen molar-refractivity contribution in [1.82, 2.24) is 20.2 Å². The summed E-state index contributed by atoms with van der Waals surface area (Å²) in [5, 5.41) is 9.80. The highest BCUT2D eigenvalue weighted by atomic mass is 32.1. The molecule has 33 heavy (non-hydrogen) atoms. The Bertz CT molecular complexity index is 1200. The van der Waals surface area contributed by atoms with Gasteiger partial charge >= 0.3 is 0 Å². The van der Waals surface area contributed by atoms with Crippen LogP contribution in [0.3, 0.4) is 0 Å². The lowest BCUT2D eigenvalue weighted by molar-refractivity contribution is -0.124. The van der Waals surface area contributed by atoms with Gasteiger partial charge in [0.1, 0.15) is 6.04 Å². The van der Waals surface area contributed by atoms with Crippen molar-refractivity contribution in [2.24, 2.45) is 0 Å². The number of carbonyl (C=O) groups is 1. The van der Waals surface area contributed by atoms with Gasteiger partial charge in [0.05, 0.1) is 12.1 Å². The van der Waals surface area contributed by atoms with Gasteiger partial charge in [-0.3, -0.25) is 14.2 Å². The number of hydrogen-bond donors (Lipinski definition) is 3. The smallest absolute Gasteiger partial charge is 0.294 e. The van der Waals surface area contributed by atoms with Gasteiger partial charge in [-0.2, -0.15) is 0 Å². The molecule has 0 saturated heterocycles. The lowest BCUT2D eigenvalue weighted by Crippen LogP contribution is -2.37. The summed E-state index contributed by atoms with van der Waals surface area (Å²) in [6.07, 6.45) is 3.83. The molecule has 4 heterocycles. The second-order valence-corrected chi connectivity index (χ2v) is 9.94. The summed E-state index contributed by atoms with van der Waals surface area (Å²) in [6, 6.07) is 11.6. The molecule has 0 fully saturated rings. The molecule has 7 nitrogen and oxygen atoms in total. The minimum Gasteiger partial charge on any atom is -0.359 e. The molecule has 1 aromatic carbocycles. The first-order chi connectivity index (χ1) is 16.0. The third-order valence-corrected chi connectivity index (χ3v) is 7.95. The van der Waals surface area contributed by atoms with Gasteiger partial charge in [-0.05, 0) is 43.4 Å². The molecule has 5 rings (SSSR count). The van der Waals surface area contributed by atoms with Crippen molar-refractivity contribution in [1.29, 1.82) is 0 Å². The number of aromatic nitrogens is 2. The number of thiophene rings is 1. The van der Waals surface area contributed by atoms with E-state index in [0.29, 0.717) is 18.7 Å². The lowest BCUT2D eigenvalue weighted by Gasteiger charge is -2.21. The number of hydrogen-bond acceptors (Lipinski definition) is 6. The number of nitrogens with one attached hydrogen (secondary N) is 3. The van der Waals surface area contributed by atoms with Crippen LogP contribution in [0.5, 0.6) is 0 Å². The zero-order valence-electron chi connectivity index (χ0n) is 18.9. The fourth-order valence-corrected chi connectivity index (χ4v) is 5.91. The number of anilines is 1. The van der Waals surface area contributed by atoms with Gasteiger partial charge in [0, 0.05) is 34.7 Å². The second kappa shape index (κ2) is 9.11. The zero-order valence-corrected chi connectivity index (χ0v) is 19.7. The molecule has 0 aliphatic carbocycles. The SMILES string of the molecule is CC[C@@H](Nc1ncc2n(c1=O)[C@H](C(=O)N[C@H](C)c1cc3c(s1)CNC3)CC2)c1ccccc1. The van der Waals surface area contributed by atoms with Crippen molar-refractivity contribution in [2.45, 2.75) is 64.3 Å². The maximum atomic E-state index is 13.4. The van der Waals surface area contributed by atoms with E-state index >= 15 is 0 Å². The molecule has 2 aliphatic rings. The Balaban J connectivity index is 1.35. The highest BCUT2D eigenvalue weighted by Gasteiger charge is 2.32. The van der Waals surface area contributed by atoms with Crippen LogP contribution >= 0.6 is 11.3 Å². The van der Waals surface area contributed by atoms with Crippen molar-refractivity contribution in [3.05, 3.63) is 79.5 Å². The standard InChI is InChI=1S/C25H29N5O2S/c1-3-19(16-7-5-4-6-8-16)29-23-25(32)30-18(13-27-23)9-10-20(30)24(31)28-15(2)21-11-17-12-26-14-22(17)33-21/h4-8,11,13,15,19-20,26H,3,9-10,12,14H2,1-2H3,(H,27,29)(H,28,31)/t15-,19-,20+/m1/s1. The van der Waals surface area contributed by atoms with E-state index in [9.17, 15) is 9.59 Å². The average molecular weight is 464 g/mol. The number of benzene rings is 1. The van der Waals surface area contributed by atoms with Crippen molar-refractivity contribution in [3.8, 4) is 0 Å². The molecule has 3 atom stereocenters. The van der Waals surface area contributed by atoms with Crippen molar-refractivity contribution < 1.29 is 4.79 Å². The van der Waals surface area contributed by atoms with E-state index in [1.54, 1.807) is 22.1 Å². The first kappa shape index (κ1) is 21.9. The molecular weight excluding hydrogens is 434 g/mol. The van der Waals surface area contributed by atoms with Crippen LogP contribution in [0.15, 0.2) is 47.4 Å². The quantitative estimate of drug-likeness (QED) is 0.496. The van der Waals surface area contributed by atoms with E-state index in [4.69, 9.17) is 0 Å². The van der Waals surface area contributed by atoms with Gasteiger partial charge in [-0.25, -0.2) is 4.98 Å². The van der Waals surface area contributed by atoms with Gasteiger partial charge in [-0.1, -0.05) is 37.3 Å². The van der Waals surface area contributed by atoms with Crippen LogP contribution in [0.25, 0.3) is 0 Å². The molecule has 0 radical (unpaired) electrons. The highest BCUT2D eigenvalue weighted by Crippen LogP contribution is 2.31. The predicted molar refractivity (Wildman–Crippen MR) is 130 cm³/mol. The summed E-state index contributed by atoms with van der Waals surface area (Å²) in [7, 11) is 0. The van der Waals surface area contributed by atoms with E-state index < -0.39 is 6.04 Å². The van der Waals surface area contributed by atoms with Gasteiger partial charge in [0.15, 0.2) is 5.82 Å². The van der Waals surface area contributed by atoms with E-state index in [1.165, 1.54) is 10.4 Å². The number of nitrogens with zero attached hydrogens (tertiary/aromatic N) is 2. The summed E-state index contributed by atoms with van der Waals surface area (Å²) in [5.41, 5.74) is 3.01. The zero-order chi connectivity index (χ0) is 22.9. The van der Waals surface area contributed by atoms with Crippen LogP contribution < -0.4 is 21.5 Å². The Morgan fingerprint density at radius 3 is 2.88 bits per heavy atom. The van der Waals surface area contributed by atoms with E-state index in [0.717, 1.165) is 35.6 Å². The van der Waals surface area contributed by atoms with Gasteiger partial charge in [0.25, 0.3) is 5.56 Å². The van der Waals surface area contributed by atoms with Gasteiger partial charge in [-0.15, -0.1) is 11.3 Å². The van der Waals surface area contributed by atoms with Crippen molar-refractivity contribution in [3.63, 3.8) is 0 Å². The first-order valence-electron chi connectivity index (χ1n) is 11.6. The minimum absolute atomic E-state index is 0.0194.